The Morgan fingerprint density at radius 2 is 2.00 bits per heavy atom. The minimum absolute atomic E-state index is 0.0133. The maximum absolute atomic E-state index is 11.8. The highest BCUT2D eigenvalue weighted by molar-refractivity contribution is 6.05. The summed E-state index contributed by atoms with van der Waals surface area (Å²) >= 11 is 0. The lowest BCUT2D eigenvalue weighted by Gasteiger charge is -2.03. The smallest absolute Gasteiger partial charge is 0.226 e. The van der Waals surface area contributed by atoms with Gasteiger partial charge in [0.15, 0.2) is 11.6 Å². The molecule has 0 atom stereocenters. The summed E-state index contributed by atoms with van der Waals surface area (Å²) in [5.41, 5.74) is 2.02. The molecular weight excluding hydrogens is 322 g/mol. The molecule has 2 N–H and O–H groups in total. The highest BCUT2D eigenvalue weighted by Gasteiger charge is 2.10. The number of hydrogen-bond donors (Lipinski definition) is 2. The van der Waals surface area contributed by atoms with Gasteiger partial charge in [0.25, 0.3) is 0 Å². The van der Waals surface area contributed by atoms with Crippen molar-refractivity contribution in [3.63, 3.8) is 0 Å². The van der Waals surface area contributed by atoms with Crippen LogP contribution in [0.2, 0.25) is 0 Å². The fraction of sp³-hybridized carbons (Fsp3) is 0.118. The maximum atomic E-state index is 11.8. The number of aliphatic hydroxyl groups excluding tert-OH is 1. The van der Waals surface area contributed by atoms with E-state index in [4.69, 9.17) is 0 Å². The van der Waals surface area contributed by atoms with Crippen molar-refractivity contribution in [1.29, 1.82) is 0 Å². The lowest BCUT2D eigenvalue weighted by Crippen LogP contribution is -2.01. The van der Waals surface area contributed by atoms with E-state index in [-0.39, 0.29) is 17.4 Å². The highest BCUT2D eigenvalue weighted by atomic mass is 16.3. The zero-order valence-corrected chi connectivity index (χ0v) is 13.4. The molecule has 0 spiro atoms. The second kappa shape index (κ2) is 6.91. The molecule has 0 amide bonds. The molecule has 2 aromatic heterocycles. The largest absolute Gasteiger partial charge is 0.507 e. The zero-order valence-electron chi connectivity index (χ0n) is 13.4. The first-order chi connectivity index (χ1) is 12.0. The van der Waals surface area contributed by atoms with Crippen LogP contribution in [0.5, 0.6) is 0 Å². The van der Waals surface area contributed by atoms with Crippen LogP contribution in [-0.2, 0) is 6.54 Å². The van der Waals surface area contributed by atoms with E-state index in [0.29, 0.717) is 17.7 Å². The lowest BCUT2D eigenvalue weighted by molar-refractivity contribution is 0.101. The van der Waals surface area contributed by atoms with Gasteiger partial charge in [-0.3, -0.25) is 19.4 Å². The van der Waals surface area contributed by atoms with Gasteiger partial charge in [0.05, 0.1) is 18.3 Å². The number of H-pyrrole nitrogens is 1. The molecule has 0 saturated heterocycles. The van der Waals surface area contributed by atoms with Crippen LogP contribution < -0.4 is 0 Å². The van der Waals surface area contributed by atoms with Gasteiger partial charge in [0, 0.05) is 17.8 Å². The normalized spacial score (nSPS) is 11.5. The second-order valence-electron chi connectivity index (χ2n) is 5.41. The summed E-state index contributed by atoms with van der Waals surface area (Å²) in [4.78, 5) is 26.9. The van der Waals surface area contributed by atoms with Crippen LogP contribution >= 0.6 is 0 Å². The number of carbonyl (C=O) groups excluding carboxylic acids is 2. The number of allylic oxidation sites excluding steroid dienone is 1. The predicted molar refractivity (Wildman–Crippen MR) is 89.1 cm³/mol. The van der Waals surface area contributed by atoms with Crippen molar-refractivity contribution in [2.45, 2.75) is 13.5 Å². The number of nitrogens with one attached hydrogen (secondary N) is 1. The molecule has 0 radical (unpaired) electrons. The van der Waals surface area contributed by atoms with E-state index >= 15 is 0 Å². The van der Waals surface area contributed by atoms with Crippen molar-refractivity contribution in [2.75, 3.05) is 0 Å². The molecule has 0 aliphatic carbocycles. The molecule has 0 aliphatic heterocycles. The molecule has 3 rings (SSSR count). The Morgan fingerprint density at radius 1 is 1.24 bits per heavy atom. The van der Waals surface area contributed by atoms with Gasteiger partial charge in [0.1, 0.15) is 12.1 Å². The third kappa shape index (κ3) is 3.86. The van der Waals surface area contributed by atoms with Crippen molar-refractivity contribution in [3.05, 3.63) is 71.6 Å². The van der Waals surface area contributed by atoms with Crippen LogP contribution in [0.25, 0.3) is 5.76 Å². The summed E-state index contributed by atoms with van der Waals surface area (Å²) in [6.45, 7) is 1.99. The Kier molecular flexibility index (Phi) is 4.51. The molecule has 0 saturated carbocycles. The summed E-state index contributed by atoms with van der Waals surface area (Å²) < 4.78 is 1.63. The van der Waals surface area contributed by atoms with Crippen LogP contribution in [0.1, 0.15) is 39.0 Å². The highest BCUT2D eigenvalue weighted by Crippen LogP contribution is 2.13. The number of aromatic nitrogens is 5. The molecule has 126 valence electrons. The van der Waals surface area contributed by atoms with Crippen LogP contribution in [0.3, 0.4) is 0 Å². The van der Waals surface area contributed by atoms with E-state index in [0.717, 1.165) is 11.6 Å². The molecule has 3 aromatic rings. The third-order valence-corrected chi connectivity index (χ3v) is 3.55. The minimum atomic E-state index is -0.484. The molecule has 0 fully saturated rings. The van der Waals surface area contributed by atoms with E-state index in [1.165, 1.54) is 19.4 Å². The van der Waals surface area contributed by atoms with Crippen LogP contribution in [-0.4, -0.2) is 41.6 Å². The number of aromatic amines is 1. The van der Waals surface area contributed by atoms with Crippen LogP contribution in [0.15, 0.2) is 49.1 Å². The summed E-state index contributed by atoms with van der Waals surface area (Å²) in [5, 5.41) is 20.2. The molecule has 8 nitrogen and oxygen atoms in total. The maximum Gasteiger partial charge on any atom is 0.226 e. The predicted octanol–water partition coefficient (Wildman–Crippen LogP) is 2.03. The summed E-state index contributed by atoms with van der Waals surface area (Å²) in [6, 6.07) is 7.22. The van der Waals surface area contributed by atoms with E-state index < -0.39 is 5.78 Å². The average molecular weight is 337 g/mol. The monoisotopic (exact) mass is 337 g/mol. The van der Waals surface area contributed by atoms with Gasteiger partial charge in [-0.2, -0.15) is 10.2 Å². The number of rotatable bonds is 6. The van der Waals surface area contributed by atoms with Gasteiger partial charge < -0.3 is 5.11 Å². The number of Topliss-reactive ketones (excluding diaryl/α,β-unsaturated/α-hetero) is 1. The number of carbonyl (C=O) groups is 2. The fourth-order valence-electron chi connectivity index (χ4n) is 2.21. The van der Waals surface area contributed by atoms with Gasteiger partial charge in [-0.05, 0) is 12.5 Å². The van der Waals surface area contributed by atoms with E-state index in [1.807, 2.05) is 12.1 Å². The first-order valence-corrected chi connectivity index (χ1v) is 7.46. The molecule has 0 bridgehead atoms. The van der Waals surface area contributed by atoms with E-state index in [9.17, 15) is 14.7 Å². The molecule has 1 aromatic carbocycles. The van der Waals surface area contributed by atoms with Crippen molar-refractivity contribution in [1.82, 2.24) is 25.0 Å². The standard InChI is InChI=1S/C17H15N5O3/c1-11(23)13-4-2-12(3-5-13)8-22-9-14(7-20-22)15(24)6-16(25)17-18-10-19-21-17/h2-7,9-10,24H,8H2,1H3,(H,18,19,21). The fourth-order valence-corrected chi connectivity index (χ4v) is 2.21. The summed E-state index contributed by atoms with van der Waals surface area (Å²) in [6.07, 6.45) is 5.36. The van der Waals surface area contributed by atoms with Gasteiger partial charge in [-0.1, -0.05) is 24.3 Å². The second-order valence-corrected chi connectivity index (χ2v) is 5.41. The summed E-state index contributed by atoms with van der Waals surface area (Å²) in [7, 11) is 0. The Balaban J connectivity index is 1.71. The molecule has 25 heavy (non-hydrogen) atoms. The number of aliphatic hydroxyl groups is 1. The van der Waals surface area contributed by atoms with Gasteiger partial charge in [-0.15, -0.1) is 0 Å². The van der Waals surface area contributed by atoms with Crippen LogP contribution in [0, 0.1) is 0 Å². The molecule has 8 heteroatoms. The van der Waals surface area contributed by atoms with Crippen molar-refractivity contribution >= 4 is 17.3 Å². The molecule has 2 heterocycles. The Morgan fingerprint density at radius 3 is 2.64 bits per heavy atom. The topological polar surface area (TPSA) is 114 Å². The minimum Gasteiger partial charge on any atom is -0.507 e. The first kappa shape index (κ1) is 16.3. The van der Waals surface area contributed by atoms with Crippen molar-refractivity contribution < 1.29 is 14.7 Å². The van der Waals surface area contributed by atoms with Crippen molar-refractivity contribution in [3.8, 4) is 0 Å². The Labute approximate surface area is 142 Å². The van der Waals surface area contributed by atoms with E-state index in [2.05, 4.69) is 20.3 Å². The van der Waals surface area contributed by atoms with Crippen molar-refractivity contribution in [2.24, 2.45) is 0 Å². The average Bonchev–Trinajstić information content (AvgIpc) is 3.27. The molecular formula is C17H15N5O3. The van der Waals surface area contributed by atoms with Gasteiger partial charge in [0.2, 0.25) is 5.78 Å². The number of hydrogen-bond acceptors (Lipinski definition) is 6. The molecule has 0 aliphatic rings. The lowest BCUT2D eigenvalue weighted by atomic mass is 10.1. The summed E-state index contributed by atoms with van der Waals surface area (Å²) in [5.74, 6) is -0.633. The molecule has 0 unspecified atom stereocenters. The zero-order chi connectivity index (χ0) is 17.8. The van der Waals surface area contributed by atoms with Gasteiger partial charge >= 0.3 is 0 Å². The Bertz CT molecular complexity index is 924. The first-order valence-electron chi connectivity index (χ1n) is 7.46. The number of nitrogens with zero attached hydrogens (tertiary/aromatic N) is 4. The van der Waals surface area contributed by atoms with E-state index in [1.54, 1.807) is 23.0 Å². The quantitative estimate of drug-likeness (QED) is 0.404. The third-order valence-electron chi connectivity index (χ3n) is 3.55. The van der Waals surface area contributed by atoms with Crippen LogP contribution in [0.4, 0.5) is 0 Å². The number of benzene rings is 1. The Hall–Kier alpha value is -3.55. The van der Waals surface area contributed by atoms with Gasteiger partial charge in [-0.25, -0.2) is 4.98 Å². The SMILES string of the molecule is CC(=O)c1ccc(Cn2cc(C(O)=CC(=O)c3ncn[nH]3)cn2)cc1. The number of ketones is 2.